The average molecular weight is 332 g/mol. The third-order valence-corrected chi connectivity index (χ3v) is 5.39. The molecule has 5 heteroatoms. The Morgan fingerprint density at radius 1 is 1.67 bits per heavy atom. The SMILES string of the molecule is COC1CN(CC(=O)c2sccc2Br)CCC1C. The summed E-state index contributed by atoms with van der Waals surface area (Å²) < 4.78 is 6.38. The number of carbonyl (C=O) groups excluding carboxylic acids is 1. The largest absolute Gasteiger partial charge is 0.380 e. The standard InChI is InChI=1S/C13H18BrNO2S/c1-9-3-5-15(8-12(9)17-2)7-11(16)13-10(14)4-6-18-13/h4,6,9,12H,3,5,7-8H2,1-2H3. The van der Waals surface area contributed by atoms with E-state index in [-0.39, 0.29) is 11.9 Å². The highest BCUT2D eigenvalue weighted by Gasteiger charge is 2.27. The Balaban J connectivity index is 1.94. The number of hydrogen-bond donors (Lipinski definition) is 0. The second-order valence-corrected chi connectivity index (χ2v) is 6.57. The number of carbonyl (C=O) groups is 1. The van der Waals surface area contributed by atoms with Gasteiger partial charge in [0.1, 0.15) is 0 Å². The van der Waals surface area contributed by atoms with E-state index in [1.807, 2.05) is 11.4 Å². The minimum atomic E-state index is 0.196. The molecule has 1 aromatic rings. The fourth-order valence-electron chi connectivity index (χ4n) is 2.32. The molecule has 18 heavy (non-hydrogen) atoms. The molecule has 1 aliphatic heterocycles. The van der Waals surface area contributed by atoms with Gasteiger partial charge in [0.2, 0.25) is 0 Å². The first-order valence-electron chi connectivity index (χ1n) is 6.13. The highest BCUT2D eigenvalue weighted by Crippen LogP contribution is 2.24. The van der Waals surface area contributed by atoms with Crippen LogP contribution in [0.15, 0.2) is 15.9 Å². The molecule has 0 saturated carbocycles. The van der Waals surface area contributed by atoms with E-state index < -0.39 is 0 Å². The third kappa shape index (κ3) is 3.20. The fourth-order valence-corrected chi connectivity index (χ4v) is 3.84. The molecule has 0 amide bonds. The van der Waals surface area contributed by atoms with Crippen LogP contribution in [0.4, 0.5) is 0 Å². The molecule has 2 heterocycles. The molecule has 1 fully saturated rings. The van der Waals surface area contributed by atoms with Crippen LogP contribution >= 0.6 is 27.3 Å². The second-order valence-electron chi connectivity index (χ2n) is 4.80. The van der Waals surface area contributed by atoms with E-state index in [2.05, 4.69) is 27.8 Å². The molecule has 2 unspecified atom stereocenters. The van der Waals surface area contributed by atoms with E-state index in [1.54, 1.807) is 7.11 Å². The number of nitrogens with zero attached hydrogens (tertiary/aromatic N) is 1. The van der Waals surface area contributed by atoms with Crippen molar-refractivity contribution >= 4 is 33.0 Å². The van der Waals surface area contributed by atoms with Crippen molar-refractivity contribution in [1.82, 2.24) is 4.90 Å². The summed E-state index contributed by atoms with van der Waals surface area (Å²) in [7, 11) is 1.75. The van der Waals surface area contributed by atoms with Crippen LogP contribution in [0, 0.1) is 5.92 Å². The lowest BCUT2D eigenvalue weighted by molar-refractivity contribution is -0.00321. The summed E-state index contributed by atoms with van der Waals surface area (Å²) in [6.07, 6.45) is 1.34. The minimum absolute atomic E-state index is 0.196. The maximum absolute atomic E-state index is 12.2. The van der Waals surface area contributed by atoms with Crippen LogP contribution in [0.5, 0.6) is 0 Å². The van der Waals surface area contributed by atoms with Crippen LogP contribution in [0.3, 0.4) is 0 Å². The Labute approximate surface area is 120 Å². The molecule has 1 aliphatic rings. The molecule has 0 aliphatic carbocycles. The number of methoxy groups -OCH3 is 1. The van der Waals surface area contributed by atoms with Gasteiger partial charge in [-0.25, -0.2) is 0 Å². The highest BCUT2D eigenvalue weighted by molar-refractivity contribution is 9.10. The number of thiophene rings is 1. The number of Topliss-reactive ketones (excluding diaryl/α,β-unsaturated/α-hetero) is 1. The van der Waals surface area contributed by atoms with Gasteiger partial charge in [-0.15, -0.1) is 11.3 Å². The number of halogens is 1. The maximum atomic E-state index is 12.2. The van der Waals surface area contributed by atoms with E-state index in [1.165, 1.54) is 11.3 Å². The summed E-state index contributed by atoms with van der Waals surface area (Å²) in [5.41, 5.74) is 0. The van der Waals surface area contributed by atoms with Crippen molar-refractivity contribution in [3.05, 3.63) is 20.8 Å². The van der Waals surface area contributed by atoms with Gasteiger partial charge < -0.3 is 4.74 Å². The van der Waals surface area contributed by atoms with Crippen molar-refractivity contribution in [3.63, 3.8) is 0 Å². The molecule has 1 aromatic heterocycles. The average Bonchev–Trinajstić information content (AvgIpc) is 2.78. The second kappa shape index (κ2) is 6.28. The van der Waals surface area contributed by atoms with Crippen molar-refractivity contribution in [2.24, 2.45) is 5.92 Å². The van der Waals surface area contributed by atoms with E-state index in [4.69, 9.17) is 4.74 Å². The topological polar surface area (TPSA) is 29.5 Å². The van der Waals surface area contributed by atoms with Crippen LogP contribution in [-0.4, -0.2) is 43.5 Å². The van der Waals surface area contributed by atoms with Gasteiger partial charge in [0.25, 0.3) is 0 Å². The van der Waals surface area contributed by atoms with Crippen LogP contribution in [-0.2, 0) is 4.74 Å². The van der Waals surface area contributed by atoms with Crippen LogP contribution in [0.2, 0.25) is 0 Å². The monoisotopic (exact) mass is 331 g/mol. The van der Waals surface area contributed by atoms with Crippen molar-refractivity contribution in [2.45, 2.75) is 19.4 Å². The zero-order valence-corrected chi connectivity index (χ0v) is 13.1. The molecular formula is C13H18BrNO2S. The predicted molar refractivity (Wildman–Crippen MR) is 77.4 cm³/mol. The molecule has 100 valence electrons. The summed E-state index contributed by atoms with van der Waals surface area (Å²) in [4.78, 5) is 15.2. The molecule has 0 bridgehead atoms. The number of ether oxygens (including phenoxy) is 1. The van der Waals surface area contributed by atoms with Crippen molar-refractivity contribution in [2.75, 3.05) is 26.7 Å². The van der Waals surface area contributed by atoms with Crippen LogP contribution < -0.4 is 0 Å². The molecule has 1 saturated heterocycles. The van der Waals surface area contributed by atoms with E-state index in [0.717, 1.165) is 28.9 Å². The van der Waals surface area contributed by atoms with Crippen molar-refractivity contribution < 1.29 is 9.53 Å². The van der Waals surface area contributed by atoms with Gasteiger partial charge in [0, 0.05) is 18.1 Å². The Morgan fingerprint density at radius 3 is 3.06 bits per heavy atom. The summed E-state index contributed by atoms with van der Waals surface area (Å²) >= 11 is 4.91. The number of piperidine rings is 1. The summed E-state index contributed by atoms with van der Waals surface area (Å²) in [6.45, 7) is 4.54. The first kappa shape index (κ1) is 14.2. The Morgan fingerprint density at radius 2 is 2.44 bits per heavy atom. The summed E-state index contributed by atoms with van der Waals surface area (Å²) in [6, 6.07) is 1.92. The van der Waals surface area contributed by atoms with Gasteiger partial charge in [0.05, 0.1) is 17.5 Å². The lowest BCUT2D eigenvalue weighted by Gasteiger charge is -2.35. The summed E-state index contributed by atoms with van der Waals surface area (Å²) in [5, 5.41) is 1.94. The van der Waals surface area contributed by atoms with E-state index in [9.17, 15) is 4.79 Å². The van der Waals surface area contributed by atoms with Gasteiger partial charge >= 0.3 is 0 Å². The highest BCUT2D eigenvalue weighted by atomic mass is 79.9. The Bertz CT molecular complexity index is 421. The van der Waals surface area contributed by atoms with Gasteiger partial charge in [-0.05, 0) is 46.3 Å². The van der Waals surface area contributed by atoms with Gasteiger partial charge in [-0.3, -0.25) is 9.69 Å². The number of ketones is 1. The van der Waals surface area contributed by atoms with Crippen LogP contribution in [0.1, 0.15) is 23.0 Å². The first-order chi connectivity index (χ1) is 8.61. The lowest BCUT2D eigenvalue weighted by Crippen LogP contribution is -2.45. The maximum Gasteiger partial charge on any atom is 0.187 e. The molecule has 0 radical (unpaired) electrons. The molecule has 0 aromatic carbocycles. The lowest BCUT2D eigenvalue weighted by atomic mass is 9.95. The van der Waals surface area contributed by atoms with Crippen molar-refractivity contribution in [3.8, 4) is 0 Å². The Kier molecular flexibility index (Phi) is 4.95. The quantitative estimate of drug-likeness (QED) is 0.794. The molecule has 2 rings (SSSR count). The molecule has 0 spiro atoms. The van der Waals surface area contributed by atoms with Gasteiger partial charge in [0.15, 0.2) is 5.78 Å². The van der Waals surface area contributed by atoms with E-state index >= 15 is 0 Å². The summed E-state index contributed by atoms with van der Waals surface area (Å²) in [5.74, 6) is 0.774. The third-order valence-electron chi connectivity index (χ3n) is 3.51. The number of likely N-dealkylation sites (tertiary alicyclic amines) is 1. The normalized spacial score (nSPS) is 25.3. The van der Waals surface area contributed by atoms with Crippen LogP contribution in [0.25, 0.3) is 0 Å². The zero-order valence-electron chi connectivity index (χ0n) is 10.7. The number of rotatable bonds is 4. The Hall–Kier alpha value is -0.230. The molecule has 0 N–H and O–H groups in total. The van der Waals surface area contributed by atoms with Gasteiger partial charge in [-0.1, -0.05) is 6.92 Å². The zero-order chi connectivity index (χ0) is 13.1. The predicted octanol–water partition coefficient (Wildman–Crippen LogP) is 3.05. The van der Waals surface area contributed by atoms with E-state index in [0.29, 0.717) is 12.5 Å². The molecule has 3 nitrogen and oxygen atoms in total. The fraction of sp³-hybridized carbons (Fsp3) is 0.615. The number of hydrogen-bond acceptors (Lipinski definition) is 4. The first-order valence-corrected chi connectivity index (χ1v) is 7.80. The van der Waals surface area contributed by atoms with Gasteiger partial charge in [-0.2, -0.15) is 0 Å². The van der Waals surface area contributed by atoms with Crippen molar-refractivity contribution in [1.29, 1.82) is 0 Å². The molecular weight excluding hydrogens is 314 g/mol. The minimum Gasteiger partial charge on any atom is -0.380 e. The molecule has 2 atom stereocenters. The smallest absolute Gasteiger partial charge is 0.187 e.